The summed E-state index contributed by atoms with van der Waals surface area (Å²) < 4.78 is 17.3. The Balaban J connectivity index is 1.63. The number of oxazole rings is 1. The van der Waals surface area contributed by atoms with Crippen LogP contribution < -0.4 is 14.8 Å². The Bertz CT molecular complexity index is 1230. The summed E-state index contributed by atoms with van der Waals surface area (Å²) in [6.07, 6.45) is 0. The summed E-state index contributed by atoms with van der Waals surface area (Å²) in [7, 11) is 3.07. The van der Waals surface area contributed by atoms with Crippen LogP contribution in [0.4, 0.5) is 5.69 Å². The molecule has 0 spiro atoms. The van der Waals surface area contributed by atoms with Crippen LogP contribution in [0.5, 0.6) is 11.5 Å². The van der Waals surface area contributed by atoms with Gasteiger partial charge in [0.15, 0.2) is 5.58 Å². The van der Waals surface area contributed by atoms with E-state index < -0.39 is 0 Å². The average molecular weight is 535 g/mol. The highest BCUT2D eigenvalue weighted by Gasteiger charge is 2.14. The molecular weight excluding hydrogens is 519 g/mol. The van der Waals surface area contributed by atoms with Gasteiger partial charge in [-0.25, -0.2) is 4.98 Å². The Kier molecular flexibility index (Phi) is 5.83. The lowest BCUT2D eigenvalue weighted by molar-refractivity contribution is 0.102. The van der Waals surface area contributed by atoms with Crippen molar-refractivity contribution in [2.24, 2.45) is 0 Å². The van der Waals surface area contributed by atoms with E-state index in [2.05, 4.69) is 32.9 Å². The molecule has 0 fully saturated rings. The quantitative estimate of drug-likeness (QED) is 0.317. The molecule has 0 radical (unpaired) electrons. The Morgan fingerprint density at radius 3 is 2.47 bits per heavy atom. The van der Waals surface area contributed by atoms with Gasteiger partial charge in [-0.3, -0.25) is 4.79 Å². The van der Waals surface area contributed by atoms with Gasteiger partial charge in [0.1, 0.15) is 17.0 Å². The third-order valence-corrected chi connectivity index (χ3v) is 5.42. The SMILES string of the molecule is COc1cc(OC)cc(C(=O)Nc2ccc3oc(-c4cc(I)ccc4Cl)nc3c2)c1. The Hall–Kier alpha value is -2.78. The summed E-state index contributed by atoms with van der Waals surface area (Å²) in [5.41, 5.74) is 2.93. The summed E-state index contributed by atoms with van der Waals surface area (Å²) in [6.45, 7) is 0. The zero-order chi connectivity index (χ0) is 21.3. The molecule has 0 unspecified atom stereocenters. The van der Waals surface area contributed by atoms with Crippen molar-refractivity contribution in [2.45, 2.75) is 0 Å². The molecule has 0 aliphatic carbocycles. The van der Waals surface area contributed by atoms with Crippen molar-refractivity contribution in [2.75, 3.05) is 19.5 Å². The average Bonchev–Trinajstić information content (AvgIpc) is 3.18. The summed E-state index contributed by atoms with van der Waals surface area (Å²) in [5, 5.41) is 3.42. The van der Waals surface area contributed by atoms with Crippen LogP contribution in [0.2, 0.25) is 5.02 Å². The maximum Gasteiger partial charge on any atom is 0.255 e. The van der Waals surface area contributed by atoms with E-state index in [1.165, 1.54) is 14.2 Å². The van der Waals surface area contributed by atoms with Crippen molar-refractivity contribution in [1.29, 1.82) is 0 Å². The second-order valence-electron chi connectivity index (χ2n) is 6.38. The summed E-state index contributed by atoms with van der Waals surface area (Å²) in [4.78, 5) is 17.2. The van der Waals surface area contributed by atoms with Gasteiger partial charge in [0.25, 0.3) is 5.91 Å². The molecule has 0 bridgehead atoms. The topological polar surface area (TPSA) is 73.6 Å². The van der Waals surface area contributed by atoms with E-state index >= 15 is 0 Å². The zero-order valence-electron chi connectivity index (χ0n) is 16.0. The van der Waals surface area contributed by atoms with E-state index in [-0.39, 0.29) is 5.91 Å². The monoisotopic (exact) mass is 534 g/mol. The lowest BCUT2D eigenvalue weighted by Gasteiger charge is -2.09. The Morgan fingerprint density at radius 2 is 1.77 bits per heavy atom. The third kappa shape index (κ3) is 4.22. The number of rotatable bonds is 5. The number of nitrogens with zero attached hydrogens (tertiary/aromatic N) is 1. The van der Waals surface area contributed by atoms with E-state index in [1.807, 2.05) is 18.2 Å². The maximum atomic E-state index is 12.7. The summed E-state index contributed by atoms with van der Waals surface area (Å²) >= 11 is 8.50. The molecule has 4 rings (SSSR count). The highest BCUT2D eigenvalue weighted by Crippen LogP contribution is 2.32. The number of ether oxygens (including phenoxy) is 2. The summed E-state index contributed by atoms with van der Waals surface area (Å²) in [6, 6.07) is 15.9. The molecule has 152 valence electrons. The molecule has 1 heterocycles. The van der Waals surface area contributed by atoms with Crippen LogP contribution in [-0.4, -0.2) is 25.1 Å². The fourth-order valence-electron chi connectivity index (χ4n) is 2.92. The fourth-order valence-corrected chi connectivity index (χ4v) is 3.61. The van der Waals surface area contributed by atoms with E-state index in [0.29, 0.717) is 50.3 Å². The number of amides is 1. The molecule has 0 atom stereocenters. The molecule has 0 saturated heterocycles. The molecule has 4 aromatic rings. The number of hydrogen-bond donors (Lipinski definition) is 1. The molecule has 1 N–H and O–H groups in total. The molecular formula is C22H16ClIN2O4. The second kappa shape index (κ2) is 8.53. The summed E-state index contributed by atoms with van der Waals surface area (Å²) in [5.74, 6) is 1.20. The number of anilines is 1. The minimum Gasteiger partial charge on any atom is -0.497 e. The van der Waals surface area contributed by atoms with Gasteiger partial charge >= 0.3 is 0 Å². The van der Waals surface area contributed by atoms with E-state index in [0.717, 1.165) is 3.57 Å². The number of aromatic nitrogens is 1. The number of nitrogens with one attached hydrogen (secondary N) is 1. The van der Waals surface area contributed by atoms with E-state index in [1.54, 1.807) is 36.4 Å². The number of fused-ring (bicyclic) bond motifs is 1. The van der Waals surface area contributed by atoms with Gasteiger partial charge in [0.2, 0.25) is 5.89 Å². The molecule has 1 aromatic heterocycles. The molecule has 0 saturated carbocycles. The van der Waals surface area contributed by atoms with Gasteiger partial charge in [-0.1, -0.05) is 11.6 Å². The second-order valence-corrected chi connectivity index (χ2v) is 8.03. The molecule has 1 amide bonds. The minimum atomic E-state index is -0.295. The van der Waals surface area contributed by atoms with Crippen LogP contribution in [0.15, 0.2) is 59.0 Å². The number of hydrogen-bond acceptors (Lipinski definition) is 5. The van der Waals surface area contributed by atoms with Crippen LogP contribution in [0.3, 0.4) is 0 Å². The van der Waals surface area contributed by atoms with Gasteiger partial charge in [0.05, 0.1) is 24.8 Å². The van der Waals surface area contributed by atoms with E-state index in [9.17, 15) is 4.79 Å². The number of benzene rings is 3. The molecule has 30 heavy (non-hydrogen) atoms. The lowest BCUT2D eigenvalue weighted by atomic mass is 10.1. The standard InChI is InChI=1S/C22H16ClIN2O4/c1-28-15-7-12(8-16(11-15)29-2)21(27)25-14-4-6-20-19(10-14)26-22(30-20)17-9-13(24)3-5-18(17)23/h3-11H,1-2H3,(H,25,27). The Labute approximate surface area is 191 Å². The molecule has 0 aliphatic rings. The first-order chi connectivity index (χ1) is 14.5. The lowest BCUT2D eigenvalue weighted by Crippen LogP contribution is -2.12. The van der Waals surface area contributed by atoms with E-state index in [4.69, 9.17) is 25.5 Å². The predicted octanol–water partition coefficient (Wildman–Crippen LogP) is 6.02. The first-order valence-electron chi connectivity index (χ1n) is 8.87. The molecule has 6 nitrogen and oxygen atoms in total. The fraction of sp³-hybridized carbons (Fsp3) is 0.0909. The van der Waals surface area contributed by atoms with Crippen LogP contribution in [0, 0.1) is 3.57 Å². The normalized spacial score (nSPS) is 10.8. The minimum absolute atomic E-state index is 0.295. The highest BCUT2D eigenvalue weighted by molar-refractivity contribution is 14.1. The first kappa shape index (κ1) is 20.5. The van der Waals surface area contributed by atoms with Crippen molar-refractivity contribution >= 4 is 56.9 Å². The highest BCUT2D eigenvalue weighted by atomic mass is 127. The predicted molar refractivity (Wildman–Crippen MR) is 125 cm³/mol. The van der Waals surface area contributed by atoms with Crippen molar-refractivity contribution < 1.29 is 18.7 Å². The zero-order valence-corrected chi connectivity index (χ0v) is 18.9. The first-order valence-corrected chi connectivity index (χ1v) is 10.3. The number of carbonyl (C=O) groups is 1. The van der Waals surface area contributed by atoms with Crippen molar-refractivity contribution in [3.8, 4) is 23.0 Å². The van der Waals surface area contributed by atoms with Gasteiger partial charge in [0, 0.05) is 20.9 Å². The number of halogens is 2. The number of methoxy groups -OCH3 is 2. The van der Waals surface area contributed by atoms with Crippen molar-refractivity contribution in [3.63, 3.8) is 0 Å². The van der Waals surface area contributed by atoms with Crippen LogP contribution in [0.1, 0.15) is 10.4 Å². The molecule has 8 heteroatoms. The van der Waals surface area contributed by atoms with Gasteiger partial charge in [-0.2, -0.15) is 0 Å². The Morgan fingerprint density at radius 1 is 1.03 bits per heavy atom. The number of carbonyl (C=O) groups excluding carboxylic acids is 1. The van der Waals surface area contributed by atoms with Crippen LogP contribution in [-0.2, 0) is 0 Å². The van der Waals surface area contributed by atoms with Crippen molar-refractivity contribution in [1.82, 2.24) is 4.98 Å². The molecule has 0 aliphatic heterocycles. The van der Waals surface area contributed by atoms with Crippen LogP contribution >= 0.6 is 34.2 Å². The van der Waals surface area contributed by atoms with Gasteiger partial charge in [-0.05, 0) is 71.1 Å². The smallest absolute Gasteiger partial charge is 0.255 e. The van der Waals surface area contributed by atoms with Gasteiger partial charge < -0.3 is 19.2 Å². The maximum absolute atomic E-state index is 12.7. The molecule has 3 aromatic carbocycles. The van der Waals surface area contributed by atoms with Crippen molar-refractivity contribution in [3.05, 3.63) is 68.8 Å². The third-order valence-electron chi connectivity index (χ3n) is 4.42. The van der Waals surface area contributed by atoms with Gasteiger partial charge in [-0.15, -0.1) is 0 Å². The largest absolute Gasteiger partial charge is 0.497 e. The van der Waals surface area contributed by atoms with Crippen LogP contribution in [0.25, 0.3) is 22.6 Å².